The smallest absolute Gasteiger partial charge is 0.337 e. The second-order valence-corrected chi connectivity index (χ2v) is 8.11. The fraction of sp³-hybridized carbons (Fsp3) is 0.0952. The van der Waals surface area contributed by atoms with Gasteiger partial charge >= 0.3 is 5.97 Å². The molecule has 0 saturated carbocycles. The summed E-state index contributed by atoms with van der Waals surface area (Å²) in [4.78, 5) is 12.1. The van der Waals surface area contributed by atoms with Gasteiger partial charge in [-0.25, -0.2) is 17.2 Å². The largest absolute Gasteiger partial charge is 0.465 e. The van der Waals surface area contributed by atoms with E-state index in [-0.39, 0.29) is 4.90 Å². The number of esters is 1. The molecule has 0 aliphatic heterocycles. The summed E-state index contributed by atoms with van der Waals surface area (Å²) >= 11 is 0. The highest BCUT2D eigenvalue weighted by Gasteiger charge is 2.23. The van der Waals surface area contributed by atoms with Crippen LogP contribution in [0.5, 0.6) is 0 Å². The van der Waals surface area contributed by atoms with Crippen molar-refractivity contribution in [3.8, 4) is 0 Å². The summed E-state index contributed by atoms with van der Waals surface area (Å²) in [5, 5.41) is 1.44. The van der Waals surface area contributed by atoms with E-state index < -0.39 is 16.0 Å². The minimum absolute atomic E-state index is 0.216. The van der Waals surface area contributed by atoms with Gasteiger partial charge in [-0.2, -0.15) is 0 Å². The van der Waals surface area contributed by atoms with E-state index in [2.05, 4.69) is 0 Å². The number of carbonyl (C=O) groups excluding carboxylic acids is 1. The quantitative estimate of drug-likeness (QED) is 0.502. The van der Waals surface area contributed by atoms with E-state index in [4.69, 9.17) is 4.74 Å². The third-order valence-corrected chi connectivity index (χ3v) is 6.35. The minimum atomic E-state index is -3.80. The molecule has 0 amide bonds. The van der Waals surface area contributed by atoms with E-state index in [1.807, 2.05) is 19.1 Å². The Morgan fingerprint density at radius 3 is 2.26 bits per heavy atom. The van der Waals surface area contributed by atoms with E-state index in [1.165, 1.54) is 11.1 Å². The van der Waals surface area contributed by atoms with Crippen LogP contribution in [0.4, 0.5) is 0 Å². The lowest BCUT2D eigenvalue weighted by atomic mass is 10.1. The number of hydrogen-bond donors (Lipinski definition) is 0. The Hall–Kier alpha value is -3.12. The van der Waals surface area contributed by atoms with Crippen LogP contribution >= 0.6 is 0 Å². The number of ether oxygens (including phenoxy) is 1. The summed E-state index contributed by atoms with van der Waals surface area (Å²) in [6, 6.07) is 18.9. The molecule has 1 aromatic heterocycles. The van der Waals surface area contributed by atoms with E-state index >= 15 is 0 Å². The van der Waals surface area contributed by atoms with Crippen molar-refractivity contribution in [2.75, 3.05) is 7.11 Å². The molecule has 0 unspecified atom stereocenters. The van der Waals surface area contributed by atoms with Gasteiger partial charge in [0.1, 0.15) is 0 Å². The first-order valence-corrected chi connectivity index (χ1v) is 9.81. The van der Waals surface area contributed by atoms with E-state index in [0.717, 1.165) is 10.9 Å². The minimum Gasteiger partial charge on any atom is -0.465 e. The molecular formula is C21H17NO4S. The Morgan fingerprint density at radius 1 is 0.889 bits per heavy atom. The normalized spacial score (nSPS) is 11.8. The van der Waals surface area contributed by atoms with E-state index in [0.29, 0.717) is 22.0 Å². The molecule has 0 aliphatic carbocycles. The molecule has 1 heterocycles. The van der Waals surface area contributed by atoms with E-state index in [9.17, 15) is 13.2 Å². The van der Waals surface area contributed by atoms with Crippen molar-refractivity contribution in [1.29, 1.82) is 0 Å². The molecule has 0 bridgehead atoms. The summed E-state index contributed by atoms with van der Waals surface area (Å²) in [5.41, 5.74) is 2.44. The highest BCUT2D eigenvalue weighted by Crippen LogP contribution is 2.33. The average Bonchev–Trinajstić information content (AvgIpc) is 3.02. The molecule has 4 rings (SSSR count). The maximum atomic E-state index is 13.4. The zero-order chi connectivity index (χ0) is 19.2. The maximum absolute atomic E-state index is 13.4. The molecule has 0 atom stereocenters. The average molecular weight is 379 g/mol. The number of nitrogens with zero attached hydrogens (tertiary/aromatic N) is 1. The lowest BCUT2D eigenvalue weighted by molar-refractivity contribution is 0.0601. The molecule has 0 saturated heterocycles. The summed E-state index contributed by atoms with van der Waals surface area (Å²) < 4.78 is 32.9. The van der Waals surface area contributed by atoms with Crippen LogP contribution in [-0.4, -0.2) is 25.5 Å². The highest BCUT2D eigenvalue weighted by molar-refractivity contribution is 7.90. The first-order valence-electron chi connectivity index (χ1n) is 8.37. The SMILES string of the molecule is COC(=O)c1ccc2c(c1)c1ccccc1n2S(=O)(=O)c1ccc(C)cc1. The molecular weight excluding hydrogens is 362 g/mol. The van der Waals surface area contributed by atoms with Crippen molar-refractivity contribution >= 4 is 37.8 Å². The third kappa shape index (κ3) is 2.69. The van der Waals surface area contributed by atoms with E-state index in [1.54, 1.807) is 54.6 Å². The van der Waals surface area contributed by atoms with Gasteiger partial charge in [-0.1, -0.05) is 35.9 Å². The van der Waals surface area contributed by atoms with Crippen molar-refractivity contribution in [2.45, 2.75) is 11.8 Å². The van der Waals surface area contributed by atoms with Gasteiger partial charge < -0.3 is 4.74 Å². The topological polar surface area (TPSA) is 65.4 Å². The van der Waals surface area contributed by atoms with Crippen molar-refractivity contribution in [2.24, 2.45) is 0 Å². The molecule has 0 radical (unpaired) electrons. The molecule has 0 spiro atoms. The van der Waals surface area contributed by atoms with Crippen molar-refractivity contribution in [1.82, 2.24) is 3.97 Å². The Bertz CT molecular complexity index is 1290. The third-order valence-electron chi connectivity index (χ3n) is 4.61. The summed E-state index contributed by atoms with van der Waals surface area (Å²) in [6.45, 7) is 1.91. The Labute approximate surface area is 156 Å². The first kappa shape index (κ1) is 17.3. The number of aromatic nitrogens is 1. The molecule has 27 heavy (non-hydrogen) atoms. The van der Waals surface area contributed by atoms with Gasteiger partial charge in [0, 0.05) is 10.8 Å². The number of benzene rings is 3. The van der Waals surface area contributed by atoms with Gasteiger partial charge in [0.05, 0.1) is 28.6 Å². The Kier molecular flexibility index (Phi) is 4.00. The van der Waals surface area contributed by atoms with Gasteiger partial charge in [0.15, 0.2) is 0 Å². The van der Waals surface area contributed by atoms with Crippen LogP contribution in [0.2, 0.25) is 0 Å². The number of hydrogen-bond acceptors (Lipinski definition) is 4. The van der Waals surface area contributed by atoms with Gasteiger partial charge in [0.25, 0.3) is 10.0 Å². The molecule has 136 valence electrons. The van der Waals surface area contributed by atoms with Crippen LogP contribution in [0.25, 0.3) is 21.8 Å². The zero-order valence-corrected chi connectivity index (χ0v) is 15.7. The summed E-state index contributed by atoms with van der Waals surface area (Å²) in [7, 11) is -2.49. The highest BCUT2D eigenvalue weighted by atomic mass is 32.2. The molecule has 0 fully saturated rings. The molecule has 3 aromatic carbocycles. The van der Waals surface area contributed by atoms with Gasteiger partial charge in [-0.15, -0.1) is 0 Å². The van der Waals surface area contributed by atoms with Crippen LogP contribution in [-0.2, 0) is 14.8 Å². The Balaban J connectivity index is 2.07. The van der Waals surface area contributed by atoms with Crippen LogP contribution in [0, 0.1) is 6.92 Å². The zero-order valence-electron chi connectivity index (χ0n) is 14.8. The standard InChI is InChI=1S/C21H17NO4S/c1-14-7-10-16(11-8-14)27(24,25)22-19-6-4-3-5-17(19)18-13-15(21(23)26-2)9-12-20(18)22/h3-13H,1-2H3. The predicted molar refractivity (Wildman–Crippen MR) is 105 cm³/mol. The van der Waals surface area contributed by atoms with Crippen LogP contribution < -0.4 is 0 Å². The number of fused-ring (bicyclic) bond motifs is 3. The van der Waals surface area contributed by atoms with Gasteiger partial charge in [-0.05, 0) is 43.3 Å². The van der Waals surface area contributed by atoms with Crippen LogP contribution in [0.3, 0.4) is 0 Å². The van der Waals surface area contributed by atoms with Crippen molar-refractivity contribution in [3.63, 3.8) is 0 Å². The second kappa shape index (κ2) is 6.25. The van der Waals surface area contributed by atoms with Gasteiger partial charge in [0.2, 0.25) is 0 Å². The maximum Gasteiger partial charge on any atom is 0.337 e. The predicted octanol–water partition coefficient (Wildman–Crippen LogP) is 4.13. The fourth-order valence-corrected chi connectivity index (χ4v) is 4.78. The molecule has 0 aliphatic rings. The number of methoxy groups -OCH3 is 1. The lowest BCUT2D eigenvalue weighted by Gasteiger charge is -2.10. The molecule has 6 heteroatoms. The Morgan fingerprint density at radius 2 is 1.56 bits per heavy atom. The summed E-state index contributed by atoms with van der Waals surface area (Å²) in [5.74, 6) is -0.463. The molecule has 4 aromatic rings. The number of rotatable bonds is 3. The van der Waals surface area contributed by atoms with Gasteiger partial charge in [-0.3, -0.25) is 0 Å². The lowest BCUT2D eigenvalue weighted by Crippen LogP contribution is -2.12. The van der Waals surface area contributed by atoms with Crippen molar-refractivity contribution < 1.29 is 17.9 Å². The van der Waals surface area contributed by atoms with Crippen LogP contribution in [0.1, 0.15) is 15.9 Å². The van der Waals surface area contributed by atoms with Crippen LogP contribution in [0.15, 0.2) is 71.6 Å². The monoisotopic (exact) mass is 379 g/mol. The molecule has 0 N–H and O–H groups in total. The second-order valence-electron chi connectivity index (χ2n) is 6.32. The number of carbonyl (C=O) groups is 1. The first-order chi connectivity index (χ1) is 12.9. The summed E-state index contributed by atoms with van der Waals surface area (Å²) in [6.07, 6.45) is 0. The van der Waals surface area contributed by atoms with Crippen molar-refractivity contribution in [3.05, 3.63) is 77.9 Å². The number of aryl methyl sites for hydroxylation is 1. The molecule has 5 nitrogen and oxygen atoms in total. The number of para-hydroxylation sites is 1. The fourth-order valence-electron chi connectivity index (χ4n) is 3.26.